The second-order valence-electron chi connectivity index (χ2n) is 12.4. The summed E-state index contributed by atoms with van der Waals surface area (Å²) in [7, 11) is -3.37. The van der Waals surface area contributed by atoms with Crippen LogP contribution in [0.2, 0.25) is 5.02 Å². The number of ether oxygens (including phenoxy) is 1. The van der Waals surface area contributed by atoms with Crippen LogP contribution in [-0.2, 0) is 45.6 Å². The van der Waals surface area contributed by atoms with Gasteiger partial charge in [0.05, 0.1) is 30.2 Å². The van der Waals surface area contributed by atoms with Crippen LogP contribution < -0.4 is 5.32 Å². The molecule has 0 radical (unpaired) electrons. The minimum atomic E-state index is -3.37. The number of aromatic nitrogens is 2. The smallest absolute Gasteiger partial charge is 0.325 e. The number of rotatable bonds is 11. The van der Waals surface area contributed by atoms with E-state index in [4.69, 9.17) is 21.4 Å². The lowest BCUT2D eigenvalue weighted by Crippen LogP contribution is -2.37. The van der Waals surface area contributed by atoms with E-state index in [2.05, 4.69) is 26.7 Å². The van der Waals surface area contributed by atoms with Gasteiger partial charge in [-0.3, -0.25) is 19.7 Å². The summed E-state index contributed by atoms with van der Waals surface area (Å²) in [6, 6.07) is 21.6. The highest BCUT2D eigenvalue weighted by molar-refractivity contribution is 7.88. The summed E-state index contributed by atoms with van der Waals surface area (Å²) in [5.41, 5.74) is 6.64. The molecule has 4 aromatic rings. The van der Waals surface area contributed by atoms with Crippen LogP contribution in [-0.4, -0.2) is 84.1 Å². The summed E-state index contributed by atoms with van der Waals surface area (Å²) in [5.74, 6) is 5.46. The molecular formula is C37H40ClN5O5S. The van der Waals surface area contributed by atoms with Crippen molar-refractivity contribution >= 4 is 27.6 Å². The Balaban J connectivity index is 1.19. The highest BCUT2D eigenvalue weighted by Gasteiger charge is 2.30. The maximum absolute atomic E-state index is 12.5. The zero-order chi connectivity index (χ0) is 34.4. The fourth-order valence-corrected chi connectivity index (χ4v) is 7.21. The molecule has 2 aliphatic rings. The number of sulfonamides is 1. The molecule has 0 unspecified atom stereocenters. The van der Waals surface area contributed by atoms with Gasteiger partial charge in [-0.05, 0) is 41.8 Å². The van der Waals surface area contributed by atoms with Gasteiger partial charge < -0.3 is 9.84 Å². The monoisotopic (exact) mass is 701 g/mol. The number of nitrogens with one attached hydrogen (secondary N) is 1. The number of halogens is 1. The molecule has 1 saturated heterocycles. The van der Waals surface area contributed by atoms with Gasteiger partial charge in [0.25, 0.3) is 0 Å². The molecule has 1 atom stereocenters. The van der Waals surface area contributed by atoms with Crippen molar-refractivity contribution in [3.63, 3.8) is 0 Å². The lowest BCUT2D eigenvalue weighted by Gasteiger charge is -2.27. The van der Waals surface area contributed by atoms with E-state index in [1.807, 2.05) is 60.7 Å². The third kappa shape index (κ3) is 8.78. The fraction of sp³-hybridized carbons (Fsp3) is 0.351. The molecule has 256 valence electrons. The number of fused-ring (bicyclic) bond motifs is 1. The third-order valence-electron chi connectivity index (χ3n) is 8.94. The van der Waals surface area contributed by atoms with Crippen molar-refractivity contribution < 1.29 is 23.1 Å². The first-order chi connectivity index (χ1) is 23.7. The summed E-state index contributed by atoms with van der Waals surface area (Å²) in [5, 5.41) is 18.4. The van der Waals surface area contributed by atoms with Crippen molar-refractivity contribution in [3.8, 4) is 23.1 Å². The minimum absolute atomic E-state index is 0.274. The lowest BCUT2D eigenvalue weighted by molar-refractivity contribution is -0.139. The first kappa shape index (κ1) is 34.8. The van der Waals surface area contributed by atoms with Gasteiger partial charge in [-0.15, -0.1) is 0 Å². The normalized spacial score (nSPS) is 16.0. The molecule has 10 nitrogen and oxygen atoms in total. The predicted molar refractivity (Wildman–Crippen MR) is 190 cm³/mol. The van der Waals surface area contributed by atoms with Gasteiger partial charge in [-0.1, -0.05) is 72.0 Å². The fourth-order valence-electron chi connectivity index (χ4n) is 6.26. The molecule has 49 heavy (non-hydrogen) atoms. The molecule has 0 amide bonds. The number of carboxylic acids is 1. The first-order valence-corrected chi connectivity index (χ1v) is 18.6. The highest BCUT2D eigenvalue weighted by Crippen LogP contribution is 2.33. The zero-order valence-corrected chi connectivity index (χ0v) is 29.0. The Morgan fingerprint density at radius 3 is 2.49 bits per heavy atom. The Bertz CT molecular complexity index is 1950. The average Bonchev–Trinajstić information content (AvgIpc) is 3.47. The van der Waals surface area contributed by atoms with Crippen LogP contribution in [0.1, 0.15) is 46.0 Å². The molecule has 3 aromatic carbocycles. The second-order valence-corrected chi connectivity index (χ2v) is 14.7. The van der Waals surface area contributed by atoms with Crippen LogP contribution in [0.15, 0.2) is 72.8 Å². The van der Waals surface area contributed by atoms with Gasteiger partial charge in [0, 0.05) is 80.2 Å². The Morgan fingerprint density at radius 2 is 1.78 bits per heavy atom. The molecule has 2 aliphatic heterocycles. The molecule has 12 heteroatoms. The van der Waals surface area contributed by atoms with Crippen molar-refractivity contribution in [2.75, 3.05) is 45.6 Å². The van der Waals surface area contributed by atoms with E-state index in [9.17, 15) is 18.3 Å². The van der Waals surface area contributed by atoms with Gasteiger partial charge in [0.2, 0.25) is 10.0 Å². The van der Waals surface area contributed by atoms with E-state index in [-0.39, 0.29) is 6.54 Å². The molecule has 2 N–H and O–H groups in total. The van der Waals surface area contributed by atoms with Gasteiger partial charge in [-0.25, -0.2) is 8.42 Å². The van der Waals surface area contributed by atoms with Crippen molar-refractivity contribution in [1.82, 2.24) is 24.3 Å². The summed E-state index contributed by atoms with van der Waals surface area (Å²) in [6.45, 7) is 6.18. The number of benzene rings is 3. The SMILES string of the molecule is CS(=O)(=O)N1CCc2c(c(-c3ccc(Cl)c(C#Cc4ccc(CN[C@@H](C(=O)O)c5ccccc5)cc4)c3)nn2CCCN2CCOCC2)C1. The summed E-state index contributed by atoms with van der Waals surface area (Å²) >= 11 is 6.61. The number of carboxylic acid groups (broad SMARTS) is 1. The number of hydrogen-bond donors (Lipinski definition) is 2. The van der Waals surface area contributed by atoms with Crippen LogP contribution >= 0.6 is 11.6 Å². The van der Waals surface area contributed by atoms with Crippen molar-refractivity contribution in [3.05, 3.63) is 111 Å². The topological polar surface area (TPSA) is 117 Å². The Labute approximate surface area is 292 Å². The number of hydrogen-bond acceptors (Lipinski definition) is 7. The predicted octanol–water partition coefficient (Wildman–Crippen LogP) is 4.56. The van der Waals surface area contributed by atoms with Gasteiger partial charge >= 0.3 is 5.97 Å². The Hall–Kier alpha value is -4.02. The van der Waals surface area contributed by atoms with Crippen LogP contribution in [0.4, 0.5) is 0 Å². The minimum Gasteiger partial charge on any atom is -0.480 e. The van der Waals surface area contributed by atoms with Gasteiger partial charge in [0.1, 0.15) is 6.04 Å². The molecule has 1 fully saturated rings. The third-order valence-corrected chi connectivity index (χ3v) is 10.5. The molecule has 0 bridgehead atoms. The molecule has 3 heterocycles. The molecule has 0 aliphatic carbocycles. The van der Waals surface area contributed by atoms with Crippen molar-refractivity contribution in [2.45, 2.75) is 38.5 Å². The zero-order valence-electron chi connectivity index (χ0n) is 27.4. The molecule has 1 aromatic heterocycles. The lowest BCUT2D eigenvalue weighted by atomic mass is 10.0. The van der Waals surface area contributed by atoms with E-state index in [1.165, 1.54) is 10.6 Å². The Morgan fingerprint density at radius 1 is 1.02 bits per heavy atom. The van der Waals surface area contributed by atoms with E-state index < -0.39 is 22.0 Å². The summed E-state index contributed by atoms with van der Waals surface area (Å²) in [6.07, 6.45) is 2.78. The van der Waals surface area contributed by atoms with Crippen molar-refractivity contribution in [2.24, 2.45) is 0 Å². The van der Waals surface area contributed by atoms with Crippen LogP contribution in [0.25, 0.3) is 11.3 Å². The maximum atomic E-state index is 12.5. The van der Waals surface area contributed by atoms with E-state index in [0.717, 1.165) is 79.5 Å². The van der Waals surface area contributed by atoms with Crippen LogP contribution in [0.3, 0.4) is 0 Å². The van der Waals surface area contributed by atoms with E-state index >= 15 is 0 Å². The summed E-state index contributed by atoms with van der Waals surface area (Å²) in [4.78, 5) is 14.2. The second kappa shape index (κ2) is 15.7. The van der Waals surface area contributed by atoms with Crippen molar-refractivity contribution in [1.29, 1.82) is 0 Å². The molecule has 6 rings (SSSR count). The number of carbonyl (C=O) groups is 1. The van der Waals surface area contributed by atoms with Crippen LogP contribution in [0.5, 0.6) is 0 Å². The van der Waals surface area contributed by atoms with Crippen LogP contribution in [0, 0.1) is 11.8 Å². The van der Waals surface area contributed by atoms with Gasteiger partial charge in [-0.2, -0.15) is 9.40 Å². The number of aryl methyl sites for hydroxylation is 1. The Kier molecular flexibility index (Phi) is 11.1. The summed E-state index contributed by atoms with van der Waals surface area (Å²) < 4.78 is 34.1. The molecular weight excluding hydrogens is 662 g/mol. The highest BCUT2D eigenvalue weighted by atomic mass is 35.5. The number of morpholine rings is 1. The van der Waals surface area contributed by atoms with E-state index in [0.29, 0.717) is 35.7 Å². The van der Waals surface area contributed by atoms with Gasteiger partial charge in [0.15, 0.2) is 0 Å². The average molecular weight is 702 g/mol. The quantitative estimate of drug-likeness (QED) is 0.219. The molecule has 0 saturated carbocycles. The number of aliphatic carboxylic acids is 1. The standard InChI is InChI=1S/C37H40ClN5O5S/c1-49(46,47)42-19-16-34-32(26-42)35(40-43(34)18-5-17-41-20-22-48-23-21-41)31-14-15-33(38)30(24-31)13-12-27-8-10-28(11-9-27)25-39-36(37(44)45)29-6-3-2-4-7-29/h2-4,6-11,14-15,24,36,39H,5,16-23,25-26H2,1H3,(H,44,45)/t36-/m1/s1. The number of nitrogens with zero attached hydrogens (tertiary/aromatic N) is 4. The maximum Gasteiger partial charge on any atom is 0.325 e. The first-order valence-electron chi connectivity index (χ1n) is 16.4. The molecule has 0 spiro atoms. The van der Waals surface area contributed by atoms with E-state index in [1.54, 1.807) is 12.1 Å². The largest absolute Gasteiger partial charge is 0.480 e.